The minimum Gasteiger partial charge on any atom is -0.469 e. The van der Waals surface area contributed by atoms with Crippen LogP contribution in [0.2, 0.25) is 0 Å². The normalized spacial score (nSPS) is 16.9. The van der Waals surface area contributed by atoms with Crippen molar-refractivity contribution in [1.82, 2.24) is 10.2 Å². The van der Waals surface area contributed by atoms with Crippen LogP contribution in [0.25, 0.3) is 0 Å². The van der Waals surface area contributed by atoms with Crippen LogP contribution in [0.3, 0.4) is 0 Å². The molecule has 2 amide bonds. The topological polar surface area (TPSA) is 111 Å². The van der Waals surface area contributed by atoms with Gasteiger partial charge in [0.05, 0.1) is 13.5 Å². The fourth-order valence-corrected chi connectivity index (χ4v) is 3.20. The van der Waals surface area contributed by atoms with Crippen molar-refractivity contribution in [1.29, 1.82) is 0 Å². The Morgan fingerprint density at radius 3 is 2.45 bits per heavy atom. The van der Waals surface area contributed by atoms with Crippen LogP contribution in [0.1, 0.15) is 45.6 Å². The summed E-state index contributed by atoms with van der Waals surface area (Å²) in [6.45, 7) is 5.46. The Morgan fingerprint density at radius 2 is 1.84 bits per heavy atom. The number of likely N-dealkylation sites (tertiary alicyclic amines) is 1. The Kier molecular flexibility index (Phi) is 8.41. The van der Waals surface area contributed by atoms with Gasteiger partial charge in [0.25, 0.3) is 0 Å². The van der Waals surface area contributed by atoms with Crippen molar-refractivity contribution in [2.75, 3.05) is 13.7 Å². The van der Waals surface area contributed by atoms with Gasteiger partial charge in [-0.05, 0) is 39.2 Å². The van der Waals surface area contributed by atoms with Gasteiger partial charge in [-0.2, -0.15) is 0 Å². The van der Waals surface area contributed by atoms with Crippen LogP contribution < -0.4 is 5.32 Å². The van der Waals surface area contributed by atoms with E-state index in [-0.39, 0.29) is 13.0 Å². The van der Waals surface area contributed by atoms with Gasteiger partial charge in [0, 0.05) is 6.54 Å². The molecular formula is C22H30N2O7. The lowest BCUT2D eigenvalue weighted by Crippen LogP contribution is -2.53. The second kappa shape index (κ2) is 10.8. The van der Waals surface area contributed by atoms with E-state index in [1.807, 2.05) is 30.3 Å². The fourth-order valence-electron chi connectivity index (χ4n) is 3.20. The highest BCUT2D eigenvalue weighted by Crippen LogP contribution is 2.21. The van der Waals surface area contributed by atoms with Gasteiger partial charge in [0.15, 0.2) is 0 Å². The van der Waals surface area contributed by atoms with Crippen LogP contribution in [0.15, 0.2) is 30.3 Å². The number of benzene rings is 1. The van der Waals surface area contributed by atoms with E-state index in [4.69, 9.17) is 9.47 Å². The molecule has 0 aromatic heterocycles. The third-order valence-corrected chi connectivity index (χ3v) is 4.62. The molecule has 1 aliphatic rings. The van der Waals surface area contributed by atoms with Crippen molar-refractivity contribution in [3.63, 3.8) is 0 Å². The summed E-state index contributed by atoms with van der Waals surface area (Å²) in [6, 6.07) is 7.22. The van der Waals surface area contributed by atoms with Crippen LogP contribution >= 0.6 is 0 Å². The largest absolute Gasteiger partial charge is 0.469 e. The number of rotatable bonds is 7. The molecule has 170 valence electrons. The molecule has 0 spiro atoms. The highest BCUT2D eigenvalue weighted by atomic mass is 16.6. The summed E-state index contributed by atoms with van der Waals surface area (Å²) in [6.07, 6.45) is -0.167. The summed E-state index contributed by atoms with van der Waals surface area (Å²) < 4.78 is 15.2. The molecule has 9 nitrogen and oxygen atoms in total. The summed E-state index contributed by atoms with van der Waals surface area (Å²) in [7, 11) is 1.19. The zero-order valence-electron chi connectivity index (χ0n) is 18.4. The highest BCUT2D eigenvalue weighted by molar-refractivity contribution is 5.92. The second-order valence-corrected chi connectivity index (χ2v) is 8.26. The van der Waals surface area contributed by atoms with E-state index in [2.05, 4.69) is 10.1 Å². The average Bonchev–Trinajstić information content (AvgIpc) is 3.20. The Bertz CT molecular complexity index is 789. The second-order valence-electron chi connectivity index (χ2n) is 8.26. The molecule has 0 bridgehead atoms. The number of alkyl carbamates (subject to hydrolysis) is 1. The van der Waals surface area contributed by atoms with E-state index in [9.17, 15) is 19.2 Å². The number of carbonyl (C=O) groups is 4. The van der Waals surface area contributed by atoms with Crippen LogP contribution in [0.4, 0.5) is 4.79 Å². The van der Waals surface area contributed by atoms with Gasteiger partial charge in [-0.1, -0.05) is 30.3 Å². The van der Waals surface area contributed by atoms with Gasteiger partial charge < -0.3 is 24.4 Å². The number of nitrogens with zero attached hydrogens (tertiary/aromatic N) is 1. The summed E-state index contributed by atoms with van der Waals surface area (Å²) in [5, 5.41) is 2.43. The Morgan fingerprint density at radius 1 is 1.16 bits per heavy atom. The Hall–Kier alpha value is -3.10. The number of esters is 2. The predicted octanol–water partition coefficient (Wildman–Crippen LogP) is 2.18. The van der Waals surface area contributed by atoms with Crippen LogP contribution in [-0.2, 0) is 35.2 Å². The van der Waals surface area contributed by atoms with Crippen LogP contribution in [0, 0.1) is 0 Å². The first kappa shape index (κ1) is 24.2. The molecule has 9 heteroatoms. The SMILES string of the molecule is COC(=O)C[C@H](NC(=O)OC(C)(C)C)C(=O)N1CCC[C@H]1C(=O)OCc1ccccc1. The minimum atomic E-state index is -1.22. The number of hydrogen-bond acceptors (Lipinski definition) is 7. The van der Waals surface area contributed by atoms with Crippen molar-refractivity contribution >= 4 is 23.9 Å². The zero-order valence-corrected chi connectivity index (χ0v) is 18.4. The summed E-state index contributed by atoms with van der Waals surface area (Å²) in [5.41, 5.74) is 0.0577. The van der Waals surface area contributed by atoms with E-state index in [0.29, 0.717) is 19.4 Å². The van der Waals surface area contributed by atoms with E-state index in [0.717, 1.165) is 5.56 Å². The average molecular weight is 434 g/mol. The summed E-state index contributed by atoms with van der Waals surface area (Å²) >= 11 is 0. The maximum Gasteiger partial charge on any atom is 0.408 e. The molecule has 0 radical (unpaired) electrons. The first-order valence-corrected chi connectivity index (χ1v) is 10.2. The third kappa shape index (κ3) is 7.58. The van der Waals surface area contributed by atoms with Crippen molar-refractivity contribution in [3.8, 4) is 0 Å². The molecule has 2 atom stereocenters. The van der Waals surface area contributed by atoms with Gasteiger partial charge in [0.1, 0.15) is 24.3 Å². The molecule has 1 heterocycles. The van der Waals surface area contributed by atoms with E-state index < -0.39 is 41.6 Å². The Labute approximate surface area is 182 Å². The first-order chi connectivity index (χ1) is 14.6. The minimum absolute atomic E-state index is 0.0972. The number of hydrogen-bond donors (Lipinski definition) is 1. The summed E-state index contributed by atoms with van der Waals surface area (Å²) in [5.74, 6) is -1.75. The van der Waals surface area contributed by atoms with Crippen LogP contribution in [0.5, 0.6) is 0 Å². The maximum atomic E-state index is 13.1. The first-order valence-electron chi connectivity index (χ1n) is 10.2. The molecular weight excluding hydrogens is 404 g/mol. The molecule has 31 heavy (non-hydrogen) atoms. The van der Waals surface area contributed by atoms with Crippen molar-refractivity contribution < 1.29 is 33.4 Å². The lowest BCUT2D eigenvalue weighted by molar-refractivity contribution is -0.155. The fraction of sp³-hybridized carbons (Fsp3) is 0.545. The molecule has 1 saturated heterocycles. The zero-order chi connectivity index (χ0) is 23.0. The molecule has 0 aliphatic carbocycles. The Balaban J connectivity index is 2.07. The van der Waals surface area contributed by atoms with Crippen molar-refractivity contribution in [3.05, 3.63) is 35.9 Å². The molecule has 1 aromatic rings. The lowest BCUT2D eigenvalue weighted by atomic mass is 10.1. The van der Waals surface area contributed by atoms with Gasteiger partial charge in [-0.15, -0.1) is 0 Å². The predicted molar refractivity (Wildman–Crippen MR) is 111 cm³/mol. The van der Waals surface area contributed by atoms with E-state index >= 15 is 0 Å². The molecule has 1 aliphatic heterocycles. The molecule has 1 fully saturated rings. The quantitative estimate of drug-likeness (QED) is 0.517. The van der Waals surface area contributed by atoms with Crippen molar-refractivity contribution in [2.24, 2.45) is 0 Å². The smallest absolute Gasteiger partial charge is 0.408 e. The number of carbonyl (C=O) groups excluding carboxylic acids is 4. The van der Waals surface area contributed by atoms with Gasteiger partial charge >= 0.3 is 18.0 Å². The van der Waals surface area contributed by atoms with Gasteiger partial charge in [-0.25, -0.2) is 9.59 Å². The molecule has 2 rings (SSSR count). The maximum absolute atomic E-state index is 13.1. The molecule has 1 aromatic carbocycles. The van der Waals surface area contributed by atoms with Gasteiger partial charge in [0.2, 0.25) is 5.91 Å². The van der Waals surface area contributed by atoms with E-state index in [1.54, 1.807) is 20.8 Å². The monoisotopic (exact) mass is 434 g/mol. The number of amides is 2. The highest BCUT2D eigenvalue weighted by Gasteiger charge is 2.39. The molecule has 0 saturated carbocycles. The lowest BCUT2D eigenvalue weighted by Gasteiger charge is -2.28. The third-order valence-electron chi connectivity index (χ3n) is 4.62. The molecule has 1 N–H and O–H groups in total. The number of ether oxygens (including phenoxy) is 3. The van der Waals surface area contributed by atoms with Crippen molar-refractivity contribution in [2.45, 2.75) is 64.3 Å². The number of nitrogens with one attached hydrogen (secondary N) is 1. The van der Waals surface area contributed by atoms with E-state index in [1.165, 1.54) is 12.0 Å². The number of methoxy groups -OCH3 is 1. The summed E-state index contributed by atoms with van der Waals surface area (Å²) in [4.78, 5) is 51.1. The molecule has 0 unspecified atom stereocenters. The standard InChI is InChI=1S/C22H30N2O7/c1-22(2,3)31-21(28)23-16(13-18(25)29-4)19(26)24-12-8-11-17(24)20(27)30-14-15-9-6-5-7-10-15/h5-7,9-10,16-17H,8,11-14H2,1-4H3,(H,23,28)/t16-,17-/m0/s1. The van der Waals surface area contributed by atoms with Crippen LogP contribution in [-0.4, -0.2) is 60.2 Å². The van der Waals surface area contributed by atoms with Gasteiger partial charge in [-0.3, -0.25) is 9.59 Å².